The minimum atomic E-state index is -0.0152. The van der Waals surface area contributed by atoms with Gasteiger partial charge in [-0.2, -0.15) is 15.0 Å². The molecule has 1 fully saturated rings. The second-order valence-corrected chi connectivity index (χ2v) is 8.47. The van der Waals surface area contributed by atoms with E-state index in [1.165, 1.54) is 4.80 Å². The summed E-state index contributed by atoms with van der Waals surface area (Å²) in [6.45, 7) is 4.68. The number of aryl methyl sites for hydroxylation is 1. The number of methoxy groups -OCH3 is 1. The van der Waals surface area contributed by atoms with Crippen LogP contribution in [-0.4, -0.2) is 69.1 Å². The van der Waals surface area contributed by atoms with Gasteiger partial charge in [0.2, 0.25) is 5.95 Å². The number of carbonyl (C=O) groups excluding carboxylic acids is 1. The molecule has 0 aliphatic carbocycles. The fraction of sp³-hybridized carbons (Fsp3) is 0.269. The zero-order valence-electron chi connectivity index (χ0n) is 19.8. The van der Waals surface area contributed by atoms with Crippen molar-refractivity contribution in [1.82, 2.24) is 29.9 Å². The van der Waals surface area contributed by atoms with Gasteiger partial charge in [-0.3, -0.25) is 4.79 Å². The van der Waals surface area contributed by atoms with Crippen LogP contribution in [0.25, 0.3) is 16.8 Å². The van der Waals surface area contributed by atoms with Crippen LogP contribution in [0.5, 0.6) is 5.75 Å². The van der Waals surface area contributed by atoms with Crippen molar-refractivity contribution in [3.63, 3.8) is 0 Å². The van der Waals surface area contributed by atoms with Crippen LogP contribution in [0.1, 0.15) is 22.3 Å². The zero-order valence-corrected chi connectivity index (χ0v) is 19.8. The first-order valence-electron chi connectivity index (χ1n) is 11.6. The Hall–Kier alpha value is -4.27. The Labute approximate surface area is 204 Å². The highest BCUT2D eigenvalue weighted by atomic mass is 16.5. The van der Waals surface area contributed by atoms with Crippen LogP contribution in [0.2, 0.25) is 0 Å². The Bertz CT molecular complexity index is 1290. The van der Waals surface area contributed by atoms with Crippen molar-refractivity contribution >= 4 is 11.9 Å². The molecule has 5 rings (SSSR count). The van der Waals surface area contributed by atoms with Gasteiger partial charge in [0.1, 0.15) is 5.75 Å². The average Bonchev–Trinajstić information content (AvgIpc) is 3.32. The number of aromatic nitrogens is 5. The number of hydrogen-bond acceptors (Lipinski definition) is 7. The van der Waals surface area contributed by atoms with Gasteiger partial charge in [0.25, 0.3) is 5.91 Å². The Kier molecular flexibility index (Phi) is 6.38. The van der Waals surface area contributed by atoms with E-state index in [1.54, 1.807) is 19.5 Å². The third-order valence-electron chi connectivity index (χ3n) is 6.14. The maximum atomic E-state index is 13.5. The quantitative estimate of drug-likeness (QED) is 0.443. The average molecular weight is 470 g/mol. The van der Waals surface area contributed by atoms with E-state index in [1.807, 2.05) is 66.7 Å². The normalized spacial score (nSPS) is 14.0. The van der Waals surface area contributed by atoms with Gasteiger partial charge in [0.05, 0.1) is 30.8 Å². The van der Waals surface area contributed by atoms with E-state index in [0.717, 1.165) is 35.4 Å². The summed E-state index contributed by atoms with van der Waals surface area (Å²) in [5, 5.41) is 8.43. The summed E-state index contributed by atoms with van der Waals surface area (Å²) in [5.41, 5.74) is 4.29. The van der Waals surface area contributed by atoms with Crippen LogP contribution in [0.3, 0.4) is 0 Å². The van der Waals surface area contributed by atoms with Crippen molar-refractivity contribution < 1.29 is 9.53 Å². The molecule has 0 unspecified atom stereocenters. The minimum absolute atomic E-state index is 0.0152. The van der Waals surface area contributed by atoms with Gasteiger partial charge in [-0.05, 0) is 43.2 Å². The zero-order chi connectivity index (χ0) is 24.2. The first kappa shape index (κ1) is 22.5. The van der Waals surface area contributed by atoms with Crippen molar-refractivity contribution in [3.8, 4) is 22.6 Å². The molecule has 0 atom stereocenters. The maximum absolute atomic E-state index is 13.5. The summed E-state index contributed by atoms with van der Waals surface area (Å²) in [6, 6.07) is 13.6. The molecule has 1 aliphatic heterocycles. The van der Waals surface area contributed by atoms with Gasteiger partial charge >= 0.3 is 0 Å². The molecule has 0 bridgehead atoms. The van der Waals surface area contributed by atoms with E-state index in [0.29, 0.717) is 36.8 Å². The van der Waals surface area contributed by atoms with Gasteiger partial charge in [0.15, 0.2) is 0 Å². The molecule has 178 valence electrons. The van der Waals surface area contributed by atoms with Gasteiger partial charge < -0.3 is 14.5 Å². The molecule has 2 aromatic carbocycles. The smallest absolute Gasteiger partial charge is 0.256 e. The highest BCUT2D eigenvalue weighted by Crippen LogP contribution is 2.23. The van der Waals surface area contributed by atoms with Crippen LogP contribution in [-0.2, 0) is 0 Å². The van der Waals surface area contributed by atoms with Crippen LogP contribution in [0, 0.1) is 6.92 Å². The predicted molar refractivity (Wildman–Crippen MR) is 133 cm³/mol. The van der Waals surface area contributed by atoms with E-state index in [-0.39, 0.29) is 5.91 Å². The van der Waals surface area contributed by atoms with E-state index in [9.17, 15) is 4.79 Å². The molecule has 0 spiro atoms. The molecular formula is C26H27N7O2. The molecular weight excluding hydrogens is 442 g/mol. The first-order valence-corrected chi connectivity index (χ1v) is 11.6. The topological polar surface area (TPSA) is 89.3 Å². The van der Waals surface area contributed by atoms with Crippen LogP contribution < -0.4 is 9.64 Å². The molecule has 0 radical (unpaired) electrons. The van der Waals surface area contributed by atoms with Crippen LogP contribution >= 0.6 is 0 Å². The minimum Gasteiger partial charge on any atom is -0.497 e. The van der Waals surface area contributed by atoms with E-state index < -0.39 is 0 Å². The molecule has 2 aromatic heterocycles. The van der Waals surface area contributed by atoms with Crippen molar-refractivity contribution in [2.24, 2.45) is 0 Å². The van der Waals surface area contributed by atoms with E-state index in [2.05, 4.69) is 25.1 Å². The fourth-order valence-corrected chi connectivity index (χ4v) is 4.24. The summed E-state index contributed by atoms with van der Waals surface area (Å²) >= 11 is 0. The third-order valence-corrected chi connectivity index (χ3v) is 6.14. The summed E-state index contributed by atoms with van der Waals surface area (Å²) in [5.74, 6) is 1.47. The standard InChI is InChI=1S/C26H27N7O2/c1-19-4-9-24(33-29-10-11-30-33)23(16-19)25(34)31-12-3-13-32(15-14-31)26-27-17-21(18-28-26)20-5-7-22(35-2)8-6-20/h4-11,16-18H,3,12-15H2,1-2H3. The lowest BCUT2D eigenvalue weighted by molar-refractivity contribution is 0.0766. The van der Waals surface area contributed by atoms with Crippen molar-refractivity contribution in [3.05, 3.63) is 78.4 Å². The number of ether oxygens (including phenoxy) is 1. The summed E-state index contributed by atoms with van der Waals surface area (Å²) in [4.78, 5) is 28.3. The van der Waals surface area contributed by atoms with Crippen molar-refractivity contribution in [2.75, 3.05) is 38.2 Å². The second-order valence-electron chi connectivity index (χ2n) is 8.47. The Morgan fingerprint density at radius 2 is 1.63 bits per heavy atom. The molecule has 3 heterocycles. The Balaban J connectivity index is 1.29. The Morgan fingerprint density at radius 3 is 2.34 bits per heavy atom. The largest absolute Gasteiger partial charge is 0.497 e. The fourth-order valence-electron chi connectivity index (χ4n) is 4.24. The third kappa shape index (κ3) is 4.84. The number of carbonyl (C=O) groups is 1. The number of hydrogen-bond donors (Lipinski definition) is 0. The predicted octanol–water partition coefficient (Wildman–Crippen LogP) is 3.39. The Morgan fingerprint density at radius 1 is 0.886 bits per heavy atom. The summed E-state index contributed by atoms with van der Waals surface area (Å²) in [6.07, 6.45) is 7.73. The summed E-state index contributed by atoms with van der Waals surface area (Å²) in [7, 11) is 1.65. The second kappa shape index (κ2) is 9.92. The molecule has 35 heavy (non-hydrogen) atoms. The summed E-state index contributed by atoms with van der Waals surface area (Å²) < 4.78 is 5.23. The molecule has 0 N–H and O–H groups in total. The van der Waals surface area contributed by atoms with E-state index >= 15 is 0 Å². The number of benzene rings is 2. The maximum Gasteiger partial charge on any atom is 0.256 e. The van der Waals surface area contributed by atoms with Crippen LogP contribution in [0.4, 0.5) is 5.95 Å². The number of amides is 1. The molecule has 0 saturated carbocycles. The monoisotopic (exact) mass is 469 g/mol. The van der Waals surface area contributed by atoms with Crippen molar-refractivity contribution in [1.29, 1.82) is 0 Å². The molecule has 1 saturated heterocycles. The lowest BCUT2D eigenvalue weighted by Gasteiger charge is -2.23. The lowest BCUT2D eigenvalue weighted by atomic mass is 10.1. The highest BCUT2D eigenvalue weighted by Gasteiger charge is 2.24. The molecule has 9 heteroatoms. The van der Waals surface area contributed by atoms with Gasteiger partial charge in [-0.1, -0.05) is 23.8 Å². The van der Waals surface area contributed by atoms with E-state index in [4.69, 9.17) is 4.74 Å². The number of anilines is 1. The van der Waals surface area contributed by atoms with Gasteiger partial charge in [0, 0.05) is 44.1 Å². The molecule has 4 aromatic rings. The highest BCUT2D eigenvalue weighted by molar-refractivity contribution is 5.98. The molecule has 1 amide bonds. The molecule has 1 aliphatic rings. The molecule has 9 nitrogen and oxygen atoms in total. The van der Waals surface area contributed by atoms with Crippen LogP contribution in [0.15, 0.2) is 67.3 Å². The van der Waals surface area contributed by atoms with Gasteiger partial charge in [-0.15, -0.1) is 0 Å². The first-order chi connectivity index (χ1) is 17.1. The number of rotatable bonds is 5. The lowest BCUT2D eigenvalue weighted by Crippen LogP contribution is -2.36. The number of nitrogens with zero attached hydrogens (tertiary/aromatic N) is 7. The van der Waals surface area contributed by atoms with Crippen molar-refractivity contribution in [2.45, 2.75) is 13.3 Å². The van der Waals surface area contributed by atoms with Gasteiger partial charge in [-0.25, -0.2) is 9.97 Å². The SMILES string of the molecule is COc1ccc(-c2cnc(N3CCCN(C(=O)c4cc(C)ccc4-n4nccn4)CC3)nc2)cc1.